The topological polar surface area (TPSA) is 88.3 Å². The summed E-state index contributed by atoms with van der Waals surface area (Å²) in [6.07, 6.45) is 1.42. The molecule has 92 valence electrons. The Hall–Kier alpha value is -2.11. The summed E-state index contributed by atoms with van der Waals surface area (Å²) < 4.78 is 4.73. The summed E-state index contributed by atoms with van der Waals surface area (Å²) >= 11 is 0. The van der Waals surface area contributed by atoms with Crippen LogP contribution in [0.25, 0.3) is 0 Å². The van der Waals surface area contributed by atoms with Crippen LogP contribution in [0.15, 0.2) is 23.1 Å². The number of nitrogens with one attached hydrogen (secondary N) is 2. The van der Waals surface area contributed by atoms with E-state index in [1.807, 2.05) is 0 Å². The summed E-state index contributed by atoms with van der Waals surface area (Å²) in [5, 5.41) is 2.39. The van der Waals surface area contributed by atoms with Gasteiger partial charge in [-0.2, -0.15) is 0 Å². The van der Waals surface area contributed by atoms with E-state index in [1.165, 1.54) is 25.3 Å². The number of pyridine rings is 1. The molecule has 0 aliphatic rings. The van der Waals surface area contributed by atoms with Gasteiger partial charge in [-0.05, 0) is 26.0 Å². The summed E-state index contributed by atoms with van der Waals surface area (Å²) in [4.78, 5) is 36.6. The first-order chi connectivity index (χ1) is 8.06. The molecule has 1 atom stereocenters. The molecule has 1 heterocycles. The summed E-state index contributed by atoms with van der Waals surface area (Å²) in [6.45, 7) is 3.41. The van der Waals surface area contributed by atoms with Gasteiger partial charge in [0.1, 0.15) is 11.6 Å². The Kier molecular flexibility index (Phi) is 4.45. The third kappa shape index (κ3) is 3.44. The second kappa shape index (κ2) is 5.83. The van der Waals surface area contributed by atoms with Crippen LogP contribution in [0.1, 0.15) is 24.2 Å². The SMILES string of the molecule is CCOC(=O)C(C)NC(=O)c1ccc[nH]c1=O. The lowest BCUT2D eigenvalue weighted by atomic mass is 10.2. The first-order valence-corrected chi connectivity index (χ1v) is 5.21. The first kappa shape index (κ1) is 13.0. The minimum absolute atomic E-state index is 0.0383. The van der Waals surface area contributed by atoms with Gasteiger partial charge in [0.25, 0.3) is 11.5 Å². The molecule has 0 aliphatic carbocycles. The largest absolute Gasteiger partial charge is 0.464 e. The Morgan fingerprint density at radius 2 is 2.24 bits per heavy atom. The van der Waals surface area contributed by atoms with E-state index < -0.39 is 23.5 Å². The molecule has 0 bridgehead atoms. The molecule has 1 aromatic heterocycles. The Balaban J connectivity index is 2.70. The van der Waals surface area contributed by atoms with Crippen LogP contribution in [0.5, 0.6) is 0 Å². The maximum atomic E-state index is 11.6. The van der Waals surface area contributed by atoms with Crippen LogP contribution in [0.2, 0.25) is 0 Å². The van der Waals surface area contributed by atoms with E-state index in [1.54, 1.807) is 6.92 Å². The summed E-state index contributed by atoms with van der Waals surface area (Å²) in [5.41, 5.74) is -0.537. The van der Waals surface area contributed by atoms with Crippen LogP contribution in [0, 0.1) is 0 Å². The van der Waals surface area contributed by atoms with Crippen molar-refractivity contribution in [3.63, 3.8) is 0 Å². The maximum Gasteiger partial charge on any atom is 0.328 e. The smallest absolute Gasteiger partial charge is 0.328 e. The number of esters is 1. The molecule has 1 rings (SSSR count). The molecule has 1 unspecified atom stereocenters. The van der Waals surface area contributed by atoms with E-state index in [4.69, 9.17) is 4.74 Å². The highest BCUT2D eigenvalue weighted by Gasteiger charge is 2.18. The molecule has 0 saturated carbocycles. The van der Waals surface area contributed by atoms with Crippen molar-refractivity contribution in [3.8, 4) is 0 Å². The number of H-pyrrole nitrogens is 1. The van der Waals surface area contributed by atoms with Crippen molar-refractivity contribution in [2.24, 2.45) is 0 Å². The Labute approximate surface area is 98.0 Å². The van der Waals surface area contributed by atoms with Crippen molar-refractivity contribution in [2.45, 2.75) is 19.9 Å². The van der Waals surface area contributed by atoms with Crippen LogP contribution in [0.3, 0.4) is 0 Å². The Morgan fingerprint density at radius 3 is 2.82 bits per heavy atom. The number of rotatable bonds is 4. The normalized spacial score (nSPS) is 11.6. The number of hydrogen-bond donors (Lipinski definition) is 2. The lowest BCUT2D eigenvalue weighted by Crippen LogP contribution is -2.41. The van der Waals surface area contributed by atoms with Gasteiger partial charge >= 0.3 is 5.97 Å². The highest BCUT2D eigenvalue weighted by molar-refractivity contribution is 5.96. The highest BCUT2D eigenvalue weighted by Crippen LogP contribution is 1.93. The number of carbonyl (C=O) groups excluding carboxylic acids is 2. The van der Waals surface area contributed by atoms with Crippen molar-refractivity contribution in [1.82, 2.24) is 10.3 Å². The highest BCUT2D eigenvalue weighted by atomic mass is 16.5. The number of ether oxygens (including phenoxy) is 1. The molecule has 0 saturated heterocycles. The molecular formula is C11H14N2O4. The Morgan fingerprint density at radius 1 is 1.53 bits per heavy atom. The number of hydrogen-bond acceptors (Lipinski definition) is 4. The molecule has 6 nitrogen and oxygen atoms in total. The zero-order valence-electron chi connectivity index (χ0n) is 9.65. The molecule has 1 amide bonds. The molecule has 6 heteroatoms. The van der Waals surface area contributed by atoms with Crippen LogP contribution in [-0.4, -0.2) is 29.5 Å². The molecule has 0 fully saturated rings. The van der Waals surface area contributed by atoms with Gasteiger partial charge in [0.2, 0.25) is 0 Å². The van der Waals surface area contributed by atoms with Crippen molar-refractivity contribution >= 4 is 11.9 Å². The van der Waals surface area contributed by atoms with Gasteiger partial charge in [0.15, 0.2) is 0 Å². The van der Waals surface area contributed by atoms with Crippen LogP contribution >= 0.6 is 0 Å². The van der Waals surface area contributed by atoms with E-state index in [2.05, 4.69) is 10.3 Å². The summed E-state index contributed by atoms with van der Waals surface area (Å²) in [7, 11) is 0. The van der Waals surface area contributed by atoms with E-state index >= 15 is 0 Å². The van der Waals surface area contributed by atoms with Gasteiger partial charge in [0, 0.05) is 6.20 Å². The van der Waals surface area contributed by atoms with E-state index in [0.29, 0.717) is 0 Å². The standard InChI is InChI=1S/C11H14N2O4/c1-3-17-11(16)7(2)13-10(15)8-5-4-6-12-9(8)14/h4-7H,3H2,1-2H3,(H,12,14)(H,13,15). The van der Waals surface area contributed by atoms with Gasteiger partial charge in [-0.25, -0.2) is 4.79 Å². The zero-order valence-corrected chi connectivity index (χ0v) is 9.65. The minimum atomic E-state index is -0.790. The molecule has 0 radical (unpaired) electrons. The lowest BCUT2D eigenvalue weighted by Gasteiger charge is -2.11. The predicted molar refractivity (Wildman–Crippen MR) is 60.6 cm³/mol. The number of aromatic amines is 1. The fraction of sp³-hybridized carbons (Fsp3) is 0.364. The van der Waals surface area contributed by atoms with Crippen molar-refractivity contribution in [3.05, 3.63) is 34.2 Å². The van der Waals surface area contributed by atoms with E-state index in [9.17, 15) is 14.4 Å². The number of carbonyl (C=O) groups is 2. The molecule has 0 spiro atoms. The van der Waals surface area contributed by atoms with Crippen LogP contribution < -0.4 is 10.9 Å². The molecule has 0 aliphatic heterocycles. The third-order valence-electron chi connectivity index (χ3n) is 2.05. The second-order valence-corrected chi connectivity index (χ2v) is 3.36. The molecule has 2 N–H and O–H groups in total. The van der Waals surface area contributed by atoms with E-state index in [0.717, 1.165) is 0 Å². The summed E-state index contributed by atoms with van der Waals surface area (Å²) in [6, 6.07) is 2.12. The monoisotopic (exact) mass is 238 g/mol. The van der Waals surface area contributed by atoms with Gasteiger partial charge in [0.05, 0.1) is 6.61 Å². The number of amides is 1. The molecular weight excluding hydrogens is 224 g/mol. The molecule has 0 aromatic carbocycles. The van der Waals surface area contributed by atoms with Gasteiger partial charge in [-0.1, -0.05) is 0 Å². The maximum absolute atomic E-state index is 11.6. The summed E-state index contributed by atoms with van der Waals surface area (Å²) in [5.74, 6) is -1.14. The average molecular weight is 238 g/mol. The quantitative estimate of drug-likeness (QED) is 0.726. The zero-order chi connectivity index (χ0) is 12.8. The van der Waals surface area contributed by atoms with Crippen molar-refractivity contribution in [1.29, 1.82) is 0 Å². The van der Waals surface area contributed by atoms with Crippen LogP contribution in [-0.2, 0) is 9.53 Å². The van der Waals surface area contributed by atoms with Crippen LogP contribution in [0.4, 0.5) is 0 Å². The first-order valence-electron chi connectivity index (χ1n) is 5.21. The average Bonchev–Trinajstić information content (AvgIpc) is 2.29. The molecule has 1 aromatic rings. The number of aromatic nitrogens is 1. The second-order valence-electron chi connectivity index (χ2n) is 3.36. The lowest BCUT2D eigenvalue weighted by molar-refractivity contribution is -0.144. The minimum Gasteiger partial charge on any atom is -0.464 e. The van der Waals surface area contributed by atoms with Gasteiger partial charge in [-0.15, -0.1) is 0 Å². The predicted octanol–water partition coefficient (Wildman–Crippen LogP) is 0.0563. The van der Waals surface area contributed by atoms with Crippen molar-refractivity contribution in [2.75, 3.05) is 6.61 Å². The fourth-order valence-corrected chi connectivity index (χ4v) is 1.20. The fourth-order valence-electron chi connectivity index (χ4n) is 1.20. The van der Waals surface area contributed by atoms with E-state index in [-0.39, 0.29) is 12.2 Å². The van der Waals surface area contributed by atoms with Crippen molar-refractivity contribution < 1.29 is 14.3 Å². The Bertz CT molecular complexity index is 467. The van der Waals surface area contributed by atoms with Gasteiger partial charge < -0.3 is 15.0 Å². The third-order valence-corrected chi connectivity index (χ3v) is 2.05. The molecule has 17 heavy (non-hydrogen) atoms. The van der Waals surface area contributed by atoms with Gasteiger partial charge in [-0.3, -0.25) is 9.59 Å².